The Morgan fingerprint density at radius 1 is 1.08 bits per heavy atom. The molecule has 3 N–H and O–H groups in total. The van der Waals surface area contributed by atoms with Crippen molar-refractivity contribution >= 4 is 57.7 Å². The number of pyridine rings is 1. The zero-order valence-corrected chi connectivity index (χ0v) is 30.6. The molecular weight excluding hydrogens is 697 g/mol. The monoisotopic (exact) mass is 737 g/mol. The molecule has 2 aromatic heterocycles. The Morgan fingerprint density at radius 3 is 2.43 bits per heavy atom. The number of halogens is 2. The summed E-state index contributed by atoms with van der Waals surface area (Å²) in [6.07, 6.45) is 5.98. The first kappa shape index (κ1) is 37.6. The largest absolute Gasteiger partial charge is 0.495 e. The third-order valence-electron chi connectivity index (χ3n) is 8.31. The van der Waals surface area contributed by atoms with Crippen molar-refractivity contribution in [3.05, 3.63) is 80.7 Å². The van der Waals surface area contributed by atoms with Gasteiger partial charge in [0.05, 0.1) is 48.5 Å². The number of likely N-dealkylation sites (N-methyl/N-ethyl adjacent to an activating group) is 1. The van der Waals surface area contributed by atoms with E-state index in [4.69, 9.17) is 42.4 Å². The van der Waals surface area contributed by atoms with Crippen molar-refractivity contribution in [3.8, 4) is 22.6 Å². The van der Waals surface area contributed by atoms with E-state index in [1.54, 1.807) is 29.0 Å². The summed E-state index contributed by atoms with van der Waals surface area (Å²) in [5, 5.41) is 9.98. The number of methoxy groups -OCH3 is 2. The molecule has 1 aliphatic heterocycles. The fourth-order valence-electron chi connectivity index (χ4n) is 5.77. The lowest BCUT2D eigenvalue weighted by Gasteiger charge is -2.32. The summed E-state index contributed by atoms with van der Waals surface area (Å²) in [7, 11) is 6.78. The molecule has 0 radical (unpaired) electrons. The number of anilines is 2. The van der Waals surface area contributed by atoms with Gasteiger partial charge < -0.3 is 35.1 Å². The minimum absolute atomic E-state index is 0.145. The number of fused-ring (bicyclic) bond motifs is 1. The summed E-state index contributed by atoms with van der Waals surface area (Å²) in [4.78, 5) is 49.9. The smallest absolute Gasteiger partial charge is 0.260 e. The van der Waals surface area contributed by atoms with E-state index in [9.17, 15) is 14.4 Å². The van der Waals surface area contributed by atoms with Crippen molar-refractivity contribution in [3.63, 3.8) is 0 Å². The van der Waals surface area contributed by atoms with E-state index in [0.29, 0.717) is 60.8 Å². The Labute approximate surface area is 305 Å². The maximum Gasteiger partial charge on any atom is 0.260 e. The van der Waals surface area contributed by atoms with Crippen LogP contribution in [0.5, 0.6) is 11.5 Å². The standard InChI is InChI=1S/C36H41Cl2N7O6/c1-21(46)40-26-13-16-51-20-27(26)42-36-39-19-23-17-25(31-32(37)28(49-4)18-29(50-5)33(31)38)35(48)45(34(23)43-36)15-12-22-8-10-24(11-9-22)41-30(47)7-6-14-44(2)3/h6-11,17-19,26-27H,12-16,20H2,1-5H3,(H,40,46)(H,41,47)(H,39,42,43)/b7-6+. The quantitative estimate of drug-likeness (QED) is 0.164. The first-order chi connectivity index (χ1) is 24.5. The Balaban J connectivity index is 1.52. The molecule has 5 rings (SSSR count). The number of benzene rings is 2. The van der Waals surface area contributed by atoms with Gasteiger partial charge in [-0.05, 0) is 50.7 Å². The summed E-state index contributed by atoms with van der Waals surface area (Å²) >= 11 is 13.5. The molecule has 0 spiro atoms. The molecule has 2 atom stereocenters. The van der Waals surface area contributed by atoms with Crippen LogP contribution in [0.4, 0.5) is 11.6 Å². The third-order valence-corrected chi connectivity index (χ3v) is 9.07. The minimum Gasteiger partial charge on any atom is -0.495 e. The van der Waals surface area contributed by atoms with Gasteiger partial charge in [-0.2, -0.15) is 4.98 Å². The molecule has 2 unspecified atom stereocenters. The highest BCUT2D eigenvalue weighted by molar-refractivity contribution is 6.41. The van der Waals surface area contributed by atoms with Crippen LogP contribution < -0.4 is 31.0 Å². The zero-order chi connectivity index (χ0) is 36.7. The lowest BCUT2D eigenvalue weighted by molar-refractivity contribution is -0.120. The van der Waals surface area contributed by atoms with E-state index in [1.807, 2.05) is 43.3 Å². The van der Waals surface area contributed by atoms with E-state index < -0.39 is 5.56 Å². The van der Waals surface area contributed by atoms with Gasteiger partial charge in [0.2, 0.25) is 17.8 Å². The molecule has 15 heteroatoms. The lowest BCUT2D eigenvalue weighted by Crippen LogP contribution is -2.51. The molecule has 0 saturated carbocycles. The first-order valence-electron chi connectivity index (χ1n) is 16.3. The van der Waals surface area contributed by atoms with Crippen LogP contribution in [0.25, 0.3) is 22.2 Å². The van der Waals surface area contributed by atoms with Gasteiger partial charge in [-0.3, -0.25) is 19.0 Å². The number of nitrogens with one attached hydrogen (secondary N) is 3. The van der Waals surface area contributed by atoms with Crippen LogP contribution in [0.3, 0.4) is 0 Å². The third kappa shape index (κ3) is 9.16. The van der Waals surface area contributed by atoms with E-state index >= 15 is 0 Å². The molecule has 3 heterocycles. The van der Waals surface area contributed by atoms with Crippen molar-refractivity contribution in [2.24, 2.45) is 0 Å². The number of carbonyl (C=O) groups is 2. The number of ether oxygens (including phenoxy) is 3. The molecule has 1 fully saturated rings. The van der Waals surface area contributed by atoms with Gasteiger partial charge in [-0.15, -0.1) is 0 Å². The number of hydrogen-bond donors (Lipinski definition) is 3. The molecule has 270 valence electrons. The van der Waals surface area contributed by atoms with Gasteiger partial charge in [0.15, 0.2) is 0 Å². The minimum atomic E-state index is -0.392. The summed E-state index contributed by atoms with van der Waals surface area (Å²) in [6.45, 7) is 3.22. The van der Waals surface area contributed by atoms with Crippen LogP contribution in [0.15, 0.2) is 59.5 Å². The zero-order valence-electron chi connectivity index (χ0n) is 29.1. The summed E-state index contributed by atoms with van der Waals surface area (Å²) < 4.78 is 18.2. The molecule has 1 saturated heterocycles. The molecule has 51 heavy (non-hydrogen) atoms. The van der Waals surface area contributed by atoms with Gasteiger partial charge in [0.25, 0.3) is 5.56 Å². The average Bonchev–Trinajstić information content (AvgIpc) is 3.09. The van der Waals surface area contributed by atoms with E-state index in [0.717, 1.165) is 5.56 Å². The maximum atomic E-state index is 14.4. The highest BCUT2D eigenvalue weighted by atomic mass is 35.5. The molecule has 13 nitrogen and oxygen atoms in total. The molecule has 2 amide bonds. The second-order valence-electron chi connectivity index (χ2n) is 12.3. The molecular formula is C36H41Cl2N7O6. The second-order valence-corrected chi connectivity index (χ2v) is 13.0. The average molecular weight is 739 g/mol. The van der Waals surface area contributed by atoms with E-state index in [2.05, 4.69) is 20.9 Å². The molecule has 2 aromatic carbocycles. The maximum absolute atomic E-state index is 14.4. The Hall–Kier alpha value is -4.69. The SMILES string of the molecule is COc1cc(OC)c(Cl)c(-c2cc3cnc(NC4COCCC4NC(C)=O)nc3n(CCc3ccc(NC(=O)/C=C/CN(C)C)cc3)c2=O)c1Cl. The predicted molar refractivity (Wildman–Crippen MR) is 199 cm³/mol. The van der Waals surface area contributed by atoms with Crippen LogP contribution in [0, 0.1) is 0 Å². The normalized spacial score (nSPS) is 16.0. The number of rotatable bonds is 13. The van der Waals surface area contributed by atoms with Crippen LogP contribution in [-0.2, 0) is 27.3 Å². The van der Waals surface area contributed by atoms with Crippen molar-refractivity contribution in [2.75, 3.05) is 58.7 Å². The number of aryl methyl sites for hydroxylation is 2. The van der Waals surface area contributed by atoms with Crippen LogP contribution in [-0.4, -0.2) is 91.4 Å². The van der Waals surface area contributed by atoms with Crippen molar-refractivity contribution < 1.29 is 23.8 Å². The number of hydrogen-bond acceptors (Lipinski definition) is 10. The van der Waals surface area contributed by atoms with Gasteiger partial charge in [-0.1, -0.05) is 41.4 Å². The van der Waals surface area contributed by atoms with Crippen molar-refractivity contribution in [1.29, 1.82) is 0 Å². The van der Waals surface area contributed by atoms with E-state index in [1.165, 1.54) is 27.2 Å². The van der Waals surface area contributed by atoms with Crippen LogP contribution in [0.2, 0.25) is 10.0 Å². The summed E-state index contributed by atoms with van der Waals surface area (Å²) in [5.74, 6) is 0.483. The van der Waals surface area contributed by atoms with Crippen molar-refractivity contribution in [1.82, 2.24) is 24.8 Å². The van der Waals surface area contributed by atoms with Crippen LogP contribution >= 0.6 is 23.2 Å². The molecule has 1 aliphatic rings. The molecule has 0 aliphatic carbocycles. The van der Waals surface area contributed by atoms with Gasteiger partial charge in [-0.25, -0.2) is 4.98 Å². The molecule has 4 aromatic rings. The number of aromatic nitrogens is 3. The summed E-state index contributed by atoms with van der Waals surface area (Å²) in [5.41, 5.74) is 2.03. The number of amides is 2. The number of nitrogens with zero attached hydrogens (tertiary/aromatic N) is 4. The van der Waals surface area contributed by atoms with Gasteiger partial charge in [0.1, 0.15) is 17.1 Å². The fourth-order valence-corrected chi connectivity index (χ4v) is 6.47. The highest BCUT2D eigenvalue weighted by Crippen LogP contribution is 2.45. The van der Waals surface area contributed by atoms with Gasteiger partial charge >= 0.3 is 0 Å². The van der Waals surface area contributed by atoms with E-state index in [-0.39, 0.29) is 57.6 Å². The topological polar surface area (TPSA) is 149 Å². The first-order valence-corrected chi connectivity index (χ1v) is 17.1. The molecule has 0 bridgehead atoms. The Bertz CT molecular complexity index is 1960. The Morgan fingerprint density at radius 2 is 1.78 bits per heavy atom. The number of carbonyl (C=O) groups excluding carboxylic acids is 2. The fraction of sp³-hybridized carbons (Fsp3) is 0.361. The highest BCUT2D eigenvalue weighted by Gasteiger charge is 2.28. The van der Waals surface area contributed by atoms with Gasteiger partial charge in [0, 0.05) is 61.6 Å². The van der Waals surface area contributed by atoms with Crippen molar-refractivity contribution in [2.45, 2.75) is 38.4 Å². The lowest BCUT2D eigenvalue weighted by atomic mass is 10.0. The predicted octanol–water partition coefficient (Wildman–Crippen LogP) is 4.79. The van der Waals surface area contributed by atoms with Crippen LogP contribution in [0.1, 0.15) is 18.9 Å². The Kier molecular flexibility index (Phi) is 12.5. The summed E-state index contributed by atoms with van der Waals surface area (Å²) in [6, 6.07) is 10.2. The second kappa shape index (κ2) is 17.0.